The third-order valence-electron chi connectivity index (χ3n) is 3.22. The number of rotatable bonds is 4. The Morgan fingerprint density at radius 3 is 2.73 bits per heavy atom. The average Bonchev–Trinajstić information content (AvgIpc) is 2.92. The molecule has 0 aliphatic rings. The van der Waals surface area contributed by atoms with E-state index < -0.39 is 0 Å². The van der Waals surface area contributed by atoms with Gasteiger partial charge in [-0.15, -0.1) is 11.3 Å². The second kappa shape index (κ2) is 6.19. The quantitative estimate of drug-likeness (QED) is 0.740. The molecule has 112 valence electrons. The fourth-order valence-corrected chi connectivity index (χ4v) is 2.78. The number of hydrogen-bond acceptors (Lipinski definition) is 6. The first-order chi connectivity index (χ1) is 10.6. The van der Waals surface area contributed by atoms with Crippen LogP contribution in [0.15, 0.2) is 36.0 Å². The highest BCUT2D eigenvalue weighted by molar-refractivity contribution is 7.09. The van der Waals surface area contributed by atoms with Gasteiger partial charge in [0, 0.05) is 42.1 Å². The summed E-state index contributed by atoms with van der Waals surface area (Å²) in [5, 5.41) is 3.17. The van der Waals surface area contributed by atoms with Crippen molar-refractivity contribution in [2.75, 3.05) is 11.9 Å². The Kier molecular flexibility index (Phi) is 4.11. The van der Waals surface area contributed by atoms with Gasteiger partial charge in [-0.3, -0.25) is 4.98 Å². The summed E-state index contributed by atoms with van der Waals surface area (Å²) >= 11 is 1.67. The number of anilines is 1. The van der Waals surface area contributed by atoms with Gasteiger partial charge in [0.05, 0.1) is 17.2 Å². The van der Waals surface area contributed by atoms with Crippen molar-refractivity contribution in [1.29, 1.82) is 0 Å². The highest BCUT2D eigenvalue weighted by atomic mass is 32.1. The predicted molar refractivity (Wildman–Crippen MR) is 89.0 cm³/mol. The van der Waals surface area contributed by atoms with Crippen LogP contribution in [0.5, 0.6) is 0 Å². The minimum Gasteiger partial charge on any atom is -0.354 e. The predicted octanol–water partition coefficient (Wildman–Crippen LogP) is 3.25. The number of pyridine rings is 1. The molecule has 0 aliphatic heterocycles. The molecule has 0 aliphatic carbocycles. The van der Waals surface area contributed by atoms with E-state index in [0.29, 0.717) is 5.82 Å². The number of thiazole rings is 1. The van der Waals surface area contributed by atoms with Gasteiger partial charge in [-0.25, -0.2) is 15.0 Å². The molecule has 0 bridgehead atoms. The van der Waals surface area contributed by atoms with Gasteiger partial charge in [0.1, 0.15) is 5.82 Å². The van der Waals surface area contributed by atoms with Crippen LogP contribution in [0.1, 0.15) is 16.4 Å². The number of aryl methyl sites for hydroxylation is 2. The highest BCUT2D eigenvalue weighted by Gasteiger charge is 2.10. The van der Waals surface area contributed by atoms with Gasteiger partial charge in [-0.1, -0.05) is 0 Å². The van der Waals surface area contributed by atoms with Gasteiger partial charge in [0.15, 0.2) is 5.82 Å². The van der Waals surface area contributed by atoms with Crippen LogP contribution >= 0.6 is 11.3 Å². The fraction of sp³-hybridized carbons (Fsp3) is 0.250. The van der Waals surface area contributed by atoms with Crippen LogP contribution < -0.4 is 4.90 Å². The summed E-state index contributed by atoms with van der Waals surface area (Å²) in [6, 6.07) is 5.84. The van der Waals surface area contributed by atoms with Crippen LogP contribution in [0.3, 0.4) is 0 Å². The second-order valence-corrected chi connectivity index (χ2v) is 6.21. The first kappa shape index (κ1) is 14.6. The Balaban J connectivity index is 1.89. The van der Waals surface area contributed by atoms with E-state index in [1.165, 1.54) is 0 Å². The smallest absolute Gasteiger partial charge is 0.163 e. The second-order valence-electron chi connectivity index (χ2n) is 5.15. The average molecular weight is 311 g/mol. The van der Waals surface area contributed by atoms with Crippen molar-refractivity contribution >= 4 is 17.2 Å². The van der Waals surface area contributed by atoms with E-state index in [4.69, 9.17) is 0 Å². The summed E-state index contributed by atoms with van der Waals surface area (Å²) in [5.74, 6) is 1.58. The number of hydrogen-bond donors (Lipinski definition) is 0. The van der Waals surface area contributed by atoms with E-state index in [2.05, 4.69) is 30.2 Å². The van der Waals surface area contributed by atoms with Crippen LogP contribution in [-0.2, 0) is 6.54 Å². The highest BCUT2D eigenvalue weighted by Crippen LogP contribution is 2.20. The molecule has 0 amide bonds. The van der Waals surface area contributed by atoms with Crippen molar-refractivity contribution in [1.82, 2.24) is 19.9 Å². The van der Waals surface area contributed by atoms with E-state index in [-0.39, 0.29) is 0 Å². The van der Waals surface area contributed by atoms with Crippen molar-refractivity contribution in [3.63, 3.8) is 0 Å². The van der Waals surface area contributed by atoms with Crippen LogP contribution in [0, 0.1) is 13.8 Å². The fourth-order valence-electron chi connectivity index (χ4n) is 2.18. The lowest BCUT2D eigenvalue weighted by Crippen LogP contribution is -2.18. The first-order valence-electron chi connectivity index (χ1n) is 7.00. The Hall–Kier alpha value is -2.34. The molecule has 3 aromatic heterocycles. The van der Waals surface area contributed by atoms with E-state index >= 15 is 0 Å². The monoisotopic (exact) mass is 311 g/mol. The van der Waals surface area contributed by atoms with Crippen LogP contribution in [-0.4, -0.2) is 27.0 Å². The lowest BCUT2D eigenvalue weighted by Gasteiger charge is -2.18. The zero-order valence-corrected chi connectivity index (χ0v) is 13.6. The molecular formula is C16H17N5S. The Morgan fingerprint density at radius 1 is 1.18 bits per heavy atom. The maximum atomic E-state index is 4.66. The molecule has 0 radical (unpaired) electrons. The van der Waals surface area contributed by atoms with E-state index in [0.717, 1.165) is 34.3 Å². The van der Waals surface area contributed by atoms with Gasteiger partial charge >= 0.3 is 0 Å². The largest absolute Gasteiger partial charge is 0.354 e. The van der Waals surface area contributed by atoms with E-state index in [9.17, 15) is 0 Å². The summed E-state index contributed by atoms with van der Waals surface area (Å²) in [4.78, 5) is 19.9. The summed E-state index contributed by atoms with van der Waals surface area (Å²) in [7, 11) is 2.02. The molecule has 22 heavy (non-hydrogen) atoms. The molecular weight excluding hydrogens is 294 g/mol. The van der Waals surface area contributed by atoms with Gasteiger partial charge in [-0.05, 0) is 26.0 Å². The standard InChI is InChI=1S/C16H17N5S/c1-11-7-15(21(3)9-14-10-22-12(2)19-14)20-16(18-11)13-5-4-6-17-8-13/h4-8,10H,9H2,1-3H3. The van der Waals surface area contributed by atoms with Crippen molar-refractivity contribution in [3.05, 3.63) is 52.4 Å². The number of nitrogens with zero attached hydrogens (tertiary/aromatic N) is 5. The van der Waals surface area contributed by atoms with Crippen molar-refractivity contribution < 1.29 is 0 Å². The summed E-state index contributed by atoms with van der Waals surface area (Å²) in [6.07, 6.45) is 3.53. The van der Waals surface area contributed by atoms with Gasteiger partial charge in [0.2, 0.25) is 0 Å². The van der Waals surface area contributed by atoms with Gasteiger partial charge < -0.3 is 4.90 Å². The van der Waals surface area contributed by atoms with E-state index in [1.54, 1.807) is 23.7 Å². The number of aromatic nitrogens is 4. The SMILES string of the molecule is Cc1cc(N(C)Cc2csc(C)n2)nc(-c2cccnc2)n1. The molecule has 0 unspecified atom stereocenters. The van der Waals surface area contributed by atoms with Crippen molar-refractivity contribution in [2.45, 2.75) is 20.4 Å². The normalized spacial score (nSPS) is 10.7. The third kappa shape index (κ3) is 3.28. The van der Waals surface area contributed by atoms with Gasteiger partial charge in [-0.2, -0.15) is 0 Å². The topological polar surface area (TPSA) is 54.8 Å². The Morgan fingerprint density at radius 2 is 2.05 bits per heavy atom. The van der Waals surface area contributed by atoms with Crippen LogP contribution in [0.2, 0.25) is 0 Å². The molecule has 0 saturated heterocycles. The van der Waals surface area contributed by atoms with Gasteiger partial charge in [0.25, 0.3) is 0 Å². The first-order valence-corrected chi connectivity index (χ1v) is 7.88. The molecule has 3 rings (SSSR count). The maximum Gasteiger partial charge on any atom is 0.163 e. The van der Waals surface area contributed by atoms with Crippen LogP contribution in [0.25, 0.3) is 11.4 Å². The molecule has 3 heterocycles. The zero-order chi connectivity index (χ0) is 15.5. The Bertz CT molecular complexity index is 769. The summed E-state index contributed by atoms with van der Waals surface area (Å²) in [5.41, 5.74) is 2.92. The molecule has 0 saturated carbocycles. The molecule has 0 N–H and O–H groups in total. The lowest BCUT2D eigenvalue weighted by molar-refractivity contribution is 0.863. The maximum absolute atomic E-state index is 4.66. The molecule has 0 fully saturated rings. The van der Waals surface area contributed by atoms with E-state index in [1.807, 2.05) is 39.1 Å². The third-order valence-corrected chi connectivity index (χ3v) is 4.04. The van der Waals surface area contributed by atoms with Crippen molar-refractivity contribution in [3.8, 4) is 11.4 Å². The minimum absolute atomic E-state index is 0.699. The molecule has 5 nitrogen and oxygen atoms in total. The summed E-state index contributed by atoms with van der Waals surface area (Å²) < 4.78 is 0. The lowest BCUT2D eigenvalue weighted by atomic mass is 10.2. The molecule has 3 aromatic rings. The minimum atomic E-state index is 0.699. The Labute approximate surface area is 133 Å². The molecule has 6 heteroatoms. The molecule has 0 spiro atoms. The van der Waals surface area contributed by atoms with Crippen molar-refractivity contribution in [2.24, 2.45) is 0 Å². The summed E-state index contributed by atoms with van der Waals surface area (Å²) in [6.45, 7) is 4.72. The van der Waals surface area contributed by atoms with Crippen LogP contribution in [0.4, 0.5) is 5.82 Å². The molecule has 0 aromatic carbocycles. The molecule has 0 atom stereocenters. The zero-order valence-electron chi connectivity index (χ0n) is 12.8.